The second kappa shape index (κ2) is 13.7. The highest BCUT2D eigenvalue weighted by Crippen LogP contribution is 2.36. The Kier molecular flexibility index (Phi) is 10.7. The van der Waals surface area contributed by atoms with Crippen molar-refractivity contribution < 1.29 is 37.8 Å². The van der Waals surface area contributed by atoms with Gasteiger partial charge in [0.15, 0.2) is 14.1 Å². The Hall–Kier alpha value is -3.47. The fourth-order valence-electron chi connectivity index (χ4n) is 3.56. The quantitative estimate of drug-likeness (QED) is 0.299. The first kappa shape index (κ1) is 31.1. The average molecular weight is 570 g/mol. The molecule has 0 bridgehead atoms. The molecule has 0 unspecified atom stereocenters. The number of hydrogen-bond acceptors (Lipinski definition) is 8. The van der Waals surface area contributed by atoms with E-state index in [2.05, 4.69) is 39.2 Å². The number of alkyl carbamates (subject to hydrolysis) is 1. The lowest BCUT2D eigenvalue weighted by atomic mass is 10.1. The molecule has 10 heteroatoms. The Morgan fingerprint density at radius 2 is 1.70 bits per heavy atom. The smallest absolute Gasteiger partial charge is 0.408 e. The van der Waals surface area contributed by atoms with Gasteiger partial charge >= 0.3 is 12.1 Å². The number of benzene rings is 2. The van der Waals surface area contributed by atoms with E-state index in [0.717, 1.165) is 11.1 Å². The predicted molar refractivity (Wildman–Crippen MR) is 152 cm³/mol. The van der Waals surface area contributed by atoms with Crippen LogP contribution < -0.4 is 10.1 Å². The third-order valence-electron chi connectivity index (χ3n) is 7.04. The van der Waals surface area contributed by atoms with Gasteiger partial charge in [-0.1, -0.05) is 63.2 Å². The number of methoxy groups -OCH3 is 1. The molecule has 40 heavy (non-hydrogen) atoms. The molecule has 0 saturated heterocycles. The van der Waals surface area contributed by atoms with Crippen molar-refractivity contribution in [1.29, 1.82) is 0 Å². The van der Waals surface area contributed by atoms with Gasteiger partial charge < -0.3 is 28.7 Å². The number of ether oxygens (including phenoxy) is 4. The first-order valence-electron chi connectivity index (χ1n) is 13.2. The van der Waals surface area contributed by atoms with Crippen molar-refractivity contribution in [3.8, 4) is 5.75 Å². The molecule has 3 rings (SSSR count). The molecule has 0 aliphatic carbocycles. The molecular formula is C30H39NO8Si. The van der Waals surface area contributed by atoms with Crippen LogP contribution in [0, 0.1) is 0 Å². The summed E-state index contributed by atoms with van der Waals surface area (Å²) >= 11 is 0. The summed E-state index contributed by atoms with van der Waals surface area (Å²) in [4.78, 5) is 37.0. The molecule has 2 aromatic carbocycles. The standard InChI is InChI=1S/C30H39NO8Si/c1-30(2,3)40(5,6)37-20-26-25(32)16-17-27(39-26)38-23-14-12-21(13-15-23)18-24(28(33)35-4)31-29(34)36-19-22-10-8-7-9-11-22/h7-17,24,26-27H,18-20H2,1-6H3,(H,31,34)/t24-,26-,27+/m0/s1. The molecule has 0 fully saturated rings. The normalized spacial score (nSPS) is 18.1. The number of amides is 1. The Balaban J connectivity index is 1.54. The maximum Gasteiger partial charge on any atom is 0.408 e. The largest absolute Gasteiger partial charge is 0.467 e. The molecule has 1 heterocycles. The van der Waals surface area contributed by atoms with Gasteiger partial charge in [-0.15, -0.1) is 0 Å². The number of hydrogen-bond donors (Lipinski definition) is 1. The summed E-state index contributed by atoms with van der Waals surface area (Å²) in [6.07, 6.45) is 1.01. The fourth-order valence-corrected chi connectivity index (χ4v) is 4.56. The van der Waals surface area contributed by atoms with Crippen LogP contribution in [0.25, 0.3) is 0 Å². The molecule has 9 nitrogen and oxygen atoms in total. The lowest BCUT2D eigenvalue weighted by Gasteiger charge is -2.37. The lowest BCUT2D eigenvalue weighted by molar-refractivity contribution is -0.147. The molecule has 3 atom stereocenters. The first-order chi connectivity index (χ1) is 18.9. The molecule has 1 aliphatic rings. The summed E-state index contributed by atoms with van der Waals surface area (Å²) in [5, 5.41) is 2.59. The van der Waals surface area contributed by atoms with Gasteiger partial charge in [-0.3, -0.25) is 4.79 Å². The number of esters is 1. The van der Waals surface area contributed by atoms with Gasteiger partial charge in [0.05, 0.1) is 13.7 Å². The summed E-state index contributed by atoms with van der Waals surface area (Å²) in [7, 11) is -0.780. The maximum absolute atomic E-state index is 12.4. The van der Waals surface area contributed by atoms with Crippen LogP contribution in [0.3, 0.4) is 0 Å². The van der Waals surface area contributed by atoms with Crippen molar-refractivity contribution in [3.63, 3.8) is 0 Å². The summed E-state index contributed by atoms with van der Waals surface area (Å²) in [5.41, 5.74) is 1.60. The highest BCUT2D eigenvalue weighted by Gasteiger charge is 2.39. The van der Waals surface area contributed by atoms with Crippen molar-refractivity contribution in [2.75, 3.05) is 13.7 Å². The fraction of sp³-hybridized carbons (Fsp3) is 0.433. The molecule has 0 spiro atoms. The summed E-state index contributed by atoms with van der Waals surface area (Å²) < 4.78 is 28.0. The zero-order valence-corrected chi connectivity index (χ0v) is 25.0. The Bertz CT molecular complexity index is 1170. The van der Waals surface area contributed by atoms with E-state index in [1.165, 1.54) is 13.2 Å². The summed E-state index contributed by atoms with van der Waals surface area (Å²) in [6, 6.07) is 15.3. The van der Waals surface area contributed by atoms with Gasteiger partial charge in [0, 0.05) is 6.42 Å². The van der Waals surface area contributed by atoms with Crippen LogP contribution in [-0.4, -0.2) is 58.3 Å². The summed E-state index contributed by atoms with van der Waals surface area (Å²) in [5.74, 6) is -0.229. The molecule has 0 aromatic heterocycles. The van der Waals surface area contributed by atoms with Crippen molar-refractivity contribution in [3.05, 3.63) is 77.9 Å². The molecule has 2 aromatic rings. The van der Waals surface area contributed by atoms with Crippen molar-refractivity contribution in [1.82, 2.24) is 5.32 Å². The third kappa shape index (κ3) is 9.04. The highest BCUT2D eigenvalue weighted by molar-refractivity contribution is 6.74. The van der Waals surface area contributed by atoms with E-state index in [9.17, 15) is 14.4 Å². The molecule has 1 amide bonds. The van der Waals surface area contributed by atoms with Crippen LogP contribution >= 0.6 is 0 Å². The number of carbonyl (C=O) groups is 3. The zero-order chi connectivity index (χ0) is 29.3. The molecule has 1 aliphatic heterocycles. The van der Waals surface area contributed by atoms with Gasteiger partial charge in [0.1, 0.15) is 24.5 Å². The molecule has 0 saturated carbocycles. The number of ketones is 1. The summed E-state index contributed by atoms with van der Waals surface area (Å²) in [6.45, 7) is 10.9. The van der Waals surface area contributed by atoms with Crippen LogP contribution in [0.2, 0.25) is 18.1 Å². The average Bonchev–Trinajstić information content (AvgIpc) is 2.92. The Morgan fingerprint density at radius 1 is 1.02 bits per heavy atom. The van der Waals surface area contributed by atoms with Gasteiger partial charge in [-0.05, 0) is 53.5 Å². The minimum absolute atomic E-state index is 0.0169. The number of nitrogens with one attached hydrogen (secondary N) is 1. The van der Waals surface area contributed by atoms with Crippen LogP contribution in [0.1, 0.15) is 31.9 Å². The molecule has 216 valence electrons. The SMILES string of the molecule is COC(=O)[C@H](Cc1ccc(O[C@H]2C=CC(=O)[C@H](CO[Si](C)(C)C(C)(C)C)O2)cc1)NC(=O)OCc1ccccc1. The third-order valence-corrected chi connectivity index (χ3v) is 11.5. The van der Waals surface area contributed by atoms with Gasteiger partial charge in [-0.2, -0.15) is 0 Å². The van der Waals surface area contributed by atoms with E-state index in [-0.39, 0.29) is 30.5 Å². The first-order valence-corrected chi connectivity index (χ1v) is 16.1. The van der Waals surface area contributed by atoms with E-state index >= 15 is 0 Å². The predicted octanol–water partition coefficient (Wildman–Crippen LogP) is 4.95. The van der Waals surface area contributed by atoms with Crippen LogP contribution in [-0.2, 0) is 41.3 Å². The van der Waals surface area contributed by atoms with E-state index in [0.29, 0.717) is 5.75 Å². The van der Waals surface area contributed by atoms with Gasteiger partial charge in [-0.25, -0.2) is 9.59 Å². The van der Waals surface area contributed by atoms with Crippen molar-refractivity contribution in [2.45, 2.75) is 70.4 Å². The van der Waals surface area contributed by atoms with Gasteiger partial charge in [0.2, 0.25) is 6.29 Å². The topological polar surface area (TPSA) is 109 Å². The van der Waals surface area contributed by atoms with Crippen LogP contribution in [0.15, 0.2) is 66.7 Å². The zero-order valence-electron chi connectivity index (χ0n) is 24.0. The molecule has 1 N–H and O–H groups in total. The second-order valence-corrected chi connectivity index (χ2v) is 15.9. The van der Waals surface area contributed by atoms with Crippen LogP contribution in [0.5, 0.6) is 5.75 Å². The molecule has 0 radical (unpaired) electrons. The number of carbonyl (C=O) groups excluding carboxylic acids is 3. The van der Waals surface area contributed by atoms with E-state index in [1.807, 2.05) is 30.3 Å². The minimum Gasteiger partial charge on any atom is -0.467 e. The van der Waals surface area contributed by atoms with Crippen LogP contribution in [0.4, 0.5) is 4.79 Å². The van der Waals surface area contributed by atoms with E-state index in [1.54, 1.807) is 30.3 Å². The maximum atomic E-state index is 12.4. The Labute approximate surface area is 236 Å². The van der Waals surface area contributed by atoms with Gasteiger partial charge in [0.25, 0.3) is 0 Å². The van der Waals surface area contributed by atoms with E-state index < -0.39 is 38.8 Å². The van der Waals surface area contributed by atoms with Crippen molar-refractivity contribution >= 4 is 26.2 Å². The van der Waals surface area contributed by atoms with E-state index in [4.69, 9.17) is 23.4 Å². The second-order valence-electron chi connectivity index (χ2n) is 11.1. The number of rotatable bonds is 11. The highest BCUT2D eigenvalue weighted by atomic mass is 28.4. The minimum atomic E-state index is -2.04. The lowest BCUT2D eigenvalue weighted by Crippen LogP contribution is -2.46. The molecular weight excluding hydrogens is 530 g/mol. The Morgan fingerprint density at radius 3 is 2.33 bits per heavy atom. The van der Waals surface area contributed by atoms with Crippen molar-refractivity contribution in [2.24, 2.45) is 0 Å². The monoisotopic (exact) mass is 569 g/mol.